The number of methoxy groups -OCH3 is 1. The molecule has 0 bridgehead atoms. The Bertz CT molecular complexity index is 1220. The Morgan fingerprint density at radius 2 is 1.81 bits per heavy atom. The summed E-state index contributed by atoms with van der Waals surface area (Å²) in [7, 11) is -2.29. The van der Waals surface area contributed by atoms with Crippen molar-refractivity contribution < 1.29 is 22.7 Å². The van der Waals surface area contributed by atoms with Crippen LogP contribution in [0.25, 0.3) is 10.8 Å². The average Bonchev–Trinajstić information content (AvgIpc) is 2.75. The number of anilines is 1. The first-order valence-corrected chi connectivity index (χ1v) is 12.2. The van der Waals surface area contributed by atoms with Crippen molar-refractivity contribution in [2.24, 2.45) is 0 Å². The molecule has 1 amide bonds. The van der Waals surface area contributed by atoms with Gasteiger partial charge in [0.15, 0.2) is 0 Å². The second-order valence-corrected chi connectivity index (χ2v) is 9.47. The number of ether oxygens (including phenoxy) is 2. The number of amides is 1. The standard InChI is InChI=1S/C23H25ClN2O5S/c1-16(26(32(3,28)29)19-9-11-22(30-2)21(24)15-19)23(27)25-12-13-31-20-10-8-17-6-4-5-7-18(17)14-20/h4-11,14-16H,12-13H2,1-3H3,(H,25,27)/t16-/m0/s1. The van der Waals surface area contributed by atoms with Gasteiger partial charge in [-0.15, -0.1) is 0 Å². The lowest BCUT2D eigenvalue weighted by Gasteiger charge is -2.28. The molecule has 0 aliphatic rings. The third-order valence-electron chi connectivity index (χ3n) is 4.87. The van der Waals surface area contributed by atoms with E-state index in [1.807, 2.05) is 42.5 Å². The molecular weight excluding hydrogens is 452 g/mol. The lowest BCUT2D eigenvalue weighted by atomic mass is 10.1. The van der Waals surface area contributed by atoms with E-state index in [9.17, 15) is 13.2 Å². The van der Waals surface area contributed by atoms with E-state index in [-0.39, 0.29) is 23.9 Å². The maximum absolute atomic E-state index is 12.7. The van der Waals surface area contributed by atoms with Crippen LogP contribution >= 0.6 is 11.6 Å². The molecule has 3 aromatic rings. The topological polar surface area (TPSA) is 84.9 Å². The third kappa shape index (κ3) is 5.63. The molecule has 0 fully saturated rings. The van der Waals surface area contributed by atoms with E-state index >= 15 is 0 Å². The smallest absolute Gasteiger partial charge is 0.243 e. The summed E-state index contributed by atoms with van der Waals surface area (Å²) in [6.07, 6.45) is 1.04. The average molecular weight is 477 g/mol. The first kappa shape index (κ1) is 23.7. The summed E-state index contributed by atoms with van der Waals surface area (Å²) in [5.74, 6) is 0.646. The van der Waals surface area contributed by atoms with E-state index in [2.05, 4.69) is 5.32 Å². The van der Waals surface area contributed by atoms with Crippen LogP contribution in [-0.4, -0.2) is 46.9 Å². The molecule has 1 atom stereocenters. The predicted octanol–water partition coefficient (Wildman–Crippen LogP) is 3.85. The summed E-state index contributed by atoms with van der Waals surface area (Å²) in [5.41, 5.74) is 0.272. The van der Waals surface area contributed by atoms with Crippen molar-refractivity contribution in [2.75, 3.05) is 30.8 Å². The monoisotopic (exact) mass is 476 g/mol. The number of hydrogen-bond acceptors (Lipinski definition) is 5. The quantitative estimate of drug-likeness (QED) is 0.474. The van der Waals surface area contributed by atoms with E-state index in [0.717, 1.165) is 21.3 Å². The van der Waals surface area contributed by atoms with Crippen LogP contribution in [0.1, 0.15) is 6.92 Å². The number of carbonyl (C=O) groups excluding carboxylic acids is 1. The fourth-order valence-corrected chi connectivity index (χ4v) is 4.77. The van der Waals surface area contributed by atoms with Crippen molar-refractivity contribution in [2.45, 2.75) is 13.0 Å². The Balaban J connectivity index is 1.62. The van der Waals surface area contributed by atoms with Gasteiger partial charge in [-0.3, -0.25) is 9.10 Å². The van der Waals surface area contributed by atoms with Gasteiger partial charge in [-0.05, 0) is 48.0 Å². The van der Waals surface area contributed by atoms with Gasteiger partial charge in [-0.25, -0.2) is 8.42 Å². The summed E-state index contributed by atoms with van der Waals surface area (Å²) >= 11 is 6.14. The van der Waals surface area contributed by atoms with Crippen molar-refractivity contribution in [1.29, 1.82) is 0 Å². The highest BCUT2D eigenvalue weighted by Crippen LogP contribution is 2.31. The lowest BCUT2D eigenvalue weighted by Crippen LogP contribution is -2.48. The van der Waals surface area contributed by atoms with Gasteiger partial charge in [0, 0.05) is 0 Å². The van der Waals surface area contributed by atoms with Crippen LogP contribution in [0.15, 0.2) is 60.7 Å². The molecule has 9 heteroatoms. The Hall–Kier alpha value is -2.97. The largest absolute Gasteiger partial charge is 0.495 e. The second-order valence-electron chi connectivity index (χ2n) is 7.20. The van der Waals surface area contributed by atoms with Gasteiger partial charge >= 0.3 is 0 Å². The highest BCUT2D eigenvalue weighted by Gasteiger charge is 2.29. The van der Waals surface area contributed by atoms with Crippen LogP contribution < -0.4 is 19.1 Å². The molecule has 0 aliphatic heterocycles. The molecule has 7 nitrogen and oxygen atoms in total. The fourth-order valence-electron chi connectivity index (χ4n) is 3.35. The van der Waals surface area contributed by atoms with E-state index < -0.39 is 22.0 Å². The minimum absolute atomic E-state index is 0.219. The number of nitrogens with zero attached hydrogens (tertiary/aromatic N) is 1. The molecule has 32 heavy (non-hydrogen) atoms. The van der Waals surface area contributed by atoms with Crippen molar-refractivity contribution in [3.63, 3.8) is 0 Å². The molecule has 0 spiro atoms. The van der Waals surface area contributed by atoms with Crippen molar-refractivity contribution in [3.05, 3.63) is 65.7 Å². The molecule has 3 aromatic carbocycles. The number of sulfonamides is 1. The summed E-state index contributed by atoms with van der Waals surface area (Å²) in [6, 6.07) is 17.3. The van der Waals surface area contributed by atoms with Crippen LogP contribution in [0.2, 0.25) is 5.02 Å². The van der Waals surface area contributed by atoms with Crippen LogP contribution in [0.5, 0.6) is 11.5 Å². The molecule has 0 radical (unpaired) electrons. The van der Waals surface area contributed by atoms with Gasteiger partial charge in [0.2, 0.25) is 15.9 Å². The van der Waals surface area contributed by atoms with Crippen molar-refractivity contribution >= 4 is 44.0 Å². The summed E-state index contributed by atoms with van der Waals surface area (Å²) in [4.78, 5) is 12.7. The highest BCUT2D eigenvalue weighted by atomic mass is 35.5. The number of halogens is 1. The maximum atomic E-state index is 12.7. The van der Waals surface area contributed by atoms with Gasteiger partial charge < -0.3 is 14.8 Å². The molecule has 1 N–H and O–H groups in total. The molecule has 0 unspecified atom stereocenters. The zero-order chi connectivity index (χ0) is 23.3. The van der Waals surface area contributed by atoms with E-state index in [4.69, 9.17) is 21.1 Å². The van der Waals surface area contributed by atoms with E-state index in [1.54, 1.807) is 12.1 Å². The molecule has 0 saturated heterocycles. The molecular formula is C23H25ClN2O5S. The van der Waals surface area contributed by atoms with Gasteiger partial charge in [0.05, 0.1) is 30.6 Å². The number of hydrogen-bond donors (Lipinski definition) is 1. The van der Waals surface area contributed by atoms with Crippen LogP contribution in [0.4, 0.5) is 5.69 Å². The van der Waals surface area contributed by atoms with Gasteiger partial charge in [-0.1, -0.05) is 41.9 Å². The Labute approximate surface area is 192 Å². The van der Waals surface area contributed by atoms with Crippen molar-refractivity contribution in [3.8, 4) is 11.5 Å². The van der Waals surface area contributed by atoms with Crippen LogP contribution in [0, 0.1) is 0 Å². The van der Waals surface area contributed by atoms with Gasteiger partial charge in [0.1, 0.15) is 24.1 Å². The first-order valence-electron chi connectivity index (χ1n) is 9.93. The predicted molar refractivity (Wildman–Crippen MR) is 127 cm³/mol. The minimum atomic E-state index is -3.75. The first-order chi connectivity index (χ1) is 15.2. The third-order valence-corrected chi connectivity index (χ3v) is 6.41. The number of rotatable bonds is 9. The Morgan fingerprint density at radius 1 is 1.09 bits per heavy atom. The molecule has 3 rings (SSSR count). The summed E-state index contributed by atoms with van der Waals surface area (Å²) < 4.78 is 36.7. The normalized spacial score (nSPS) is 12.2. The Kier molecular flexibility index (Phi) is 7.48. The highest BCUT2D eigenvalue weighted by molar-refractivity contribution is 7.92. The van der Waals surface area contributed by atoms with Gasteiger partial charge in [-0.2, -0.15) is 0 Å². The second kappa shape index (κ2) is 10.1. The van der Waals surface area contributed by atoms with E-state index in [0.29, 0.717) is 11.5 Å². The Morgan fingerprint density at radius 3 is 2.47 bits per heavy atom. The number of benzene rings is 3. The number of nitrogens with one attached hydrogen (secondary N) is 1. The summed E-state index contributed by atoms with van der Waals surface area (Å²) in [6.45, 7) is 1.97. The number of fused-ring (bicyclic) bond motifs is 1. The zero-order valence-electron chi connectivity index (χ0n) is 18.0. The number of carbonyl (C=O) groups is 1. The minimum Gasteiger partial charge on any atom is -0.495 e. The van der Waals surface area contributed by atoms with Crippen LogP contribution in [0.3, 0.4) is 0 Å². The molecule has 0 heterocycles. The lowest BCUT2D eigenvalue weighted by molar-refractivity contribution is -0.121. The summed E-state index contributed by atoms with van der Waals surface area (Å²) in [5, 5.41) is 5.14. The fraction of sp³-hybridized carbons (Fsp3) is 0.261. The molecule has 170 valence electrons. The molecule has 0 aromatic heterocycles. The van der Waals surface area contributed by atoms with Crippen LogP contribution in [-0.2, 0) is 14.8 Å². The zero-order valence-corrected chi connectivity index (χ0v) is 19.6. The van der Waals surface area contributed by atoms with Gasteiger partial charge in [0.25, 0.3) is 0 Å². The maximum Gasteiger partial charge on any atom is 0.243 e. The van der Waals surface area contributed by atoms with E-state index in [1.165, 1.54) is 20.1 Å². The SMILES string of the molecule is COc1ccc(N([C@@H](C)C(=O)NCCOc2ccc3ccccc3c2)S(C)(=O)=O)cc1Cl. The molecule has 0 saturated carbocycles. The van der Waals surface area contributed by atoms with Crippen molar-refractivity contribution in [1.82, 2.24) is 5.32 Å². The molecule has 0 aliphatic carbocycles.